The van der Waals surface area contributed by atoms with Crippen molar-refractivity contribution in [2.45, 2.75) is 64.1 Å². The first-order valence-electron chi connectivity index (χ1n) is 11.0. The van der Waals surface area contributed by atoms with Crippen molar-refractivity contribution in [2.75, 3.05) is 7.11 Å². The summed E-state index contributed by atoms with van der Waals surface area (Å²) < 4.78 is 5.33. The molecule has 0 bridgehead atoms. The van der Waals surface area contributed by atoms with Crippen molar-refractivity contribution in [2.24, 2.45) is 0 Å². The van der Waals surface area contributed by atoms with Gasteiger partial charge < -0.3 is 15.0 Å². The number of ether oxygens (including phenoxy) is 1. The number of amides is 2. The molecule has 1 atom stereocenters. The van der Waals surface area contributed by atoms with E-state index in [1.165, 1.54) is 0 Å². The normalized spacial score (nSPS) is 14.8. The van der Waals surface area contributed by atoms with Crippen LogP contribution in [0.3, 0.4) is 0 Å². The second kappa shape index (κ2) is 11.2. The van der Waals surface area contributed by atoms with Crippen molar-refractivity contribution in [1.82, 2.24) is 10.2 Å². The third-order valence-electron chi connectivity index (χ3n) is 5.82. The van der Waals surface area contributed by atoms with E-state index in [4.69, 9.17) is 16.3 Å². The number of rotatable bonds is 9. The summed E-state index contributed by atoms with van der Waals surface area (Å²) in [6, 6.07) is 14.6. The molecule has 0 aromatic heterocycles. The SMILES string of the molecule is CCC(C(=O)NC1CCCC1)N(Cc1cccc(OC)c1)C(=O)Cc1cccc(Cl)c1. The van der Waals surface area contributed by atoms with Gasteiger partial charge in [0, 0.05) is 17.6 Å². The van der Waals surface area contributed by atoms with Crippen LogP contribution in [0.4, 0.5) is 0 Å². The van der Waals surface area contributed by atoms with Crippen LogP contribution in [0.5, 0.6) is 5.75 Å². The van der Waals surface area contributed by atoms with Crippen LogP contribution in [0, 0.1) is 0 Å². The van der Waals surface area contributed by atoms with Crippen LogP contribution in [-0.4, -0.2) is 35.9 Å². The van der Waals surface area contributed by atoms with E-state index in [0.29, 0.717) is 18.0 Å². The zero-order valence-corrected chi connectivity index (χ0v) is 19.0. The fourth-order valence-corrected chi connectivity index (χ4v) is 4.39. The Hall–Kier alpha value is -2.53. The molecule has 166 valence electrons. The number of nitrogens with one attached hydrogen (secondary N) is 1. The van der Waals surface area contributed by atoms with Crippen LogP contribution in [0.2, 0.25) is 5.02 Å². The molecule has 0 aliphatic heterocycles. The number of carbonyl (C=O) groups excluding carboxylic acids is 2. The second-order valence-corrected chi connectivity index (χ2v) is 8.53. The molecule has 2 aromatic carbocycles. The first-order chi connectivity index (χ1) is 15.0. The van der Waals surface area contributed by atoms with Crippen LogP contribution < -0.4 is 10.1 Å². The quantitative estimate of drug-likeness (QED) is 0.609. The highest BCUT2D eigenvalue weighted by Crippen LogP contribution is 2.21. The van der Waals surface area contributed by atoms with E-state index < -0.39 is 6.04 Å². The van der Waals surface area contributed by atoms with Crippen molar-refractivity contribution in [3.63, 3.8) is 0 Å². The number of nitrogens with zero attached hydrogens (tertiary/aromatic N) is 1. The van der Waals surface area contributed by atoms with Crippen LogP contribution in [0.1, 0.15) is 50.2 Å². The van der Waals surface area contributed by atoms with Crippen molar-refractivity contribution in [3.05, 3.63) is 64.7 Å². The highest BCUT2D eigenvalue weighted by Gasteiger charge is 2.30. The fourth-order valence-electron chi connectivity index (χ4n) is 4.18. The third-order valence-corrected chi connectivity index (χ3v) is 6.05. The van der Waals surface area contributed by atoms with Crippen molar-refractivity contribution in [1.29, 1.82) is 0 Å². The Morgan fingerprint density at radius 1 is 1.13 bits per heavy atom. The smallest absolute Gasteiger partial charge is 0.243 e. The largest absolute Gasteiger partial charge is 0.497 e. The van der Waals surface area contributed by atoms with E-state index in [0.717, 1.165) is 42.6 Å². The van der Waals surface area contributed by atoms with E-state index in [9.17, 15) is 9.59 Å². The van der Waals surface area contributed by atoms with Crippen LogP contribution in [0.25, 0.3) is 0 Å². The predicted octanol–water partition coefficient (Wildman–Crippen LogP) is 4.76. The molecule has 0 radical (unpaired) electrons. The number of hydrogen-bond acceptors (Lipinski definition) is 3. The average molecular weight is 443 g/mol. The molecule has 1 fully saturated rings. The first-order valence-corrected chi connectivity index (χ1v) is 11.3. The Balaban J connectivity index is 1.83. The summed E-state index contributed by atoms with van der Waals surface area (Å²) in [5, 5.41) is 3.76. The molecule has 0 heterocycles. The van der Waals surface area contributed by atoms with E-state index in [-0.39, 0.29) is 24.3 Å². The summed E-state index contributed by atoms with van der Waals surface area (Å²) in [6.07, 6.45) is 5.04. The van der Waals surface area contributed by atoms with Gasteiger partial charge in [0.2, 0.25) is 11.8 Å². The molecule has 3 rings (SSSR count). The maximum Gasteiger partial charge on any atom is 0.243 e. The van der Waals surface area contributed by atoms with Crippen LogP contribution in [-0.2, 0) is 22.6 Å². The topological polar surface area (TPSA) is 58.6 Å². The average Bonchev–Trinajstić information content (AvgIpc) is 3.26. The molecule has 31 heavy (non-hydrogen) atoms. The minimum absolute atomic E-state index is 0.0725. The van der Waals surface area contributed by atoms with Gasteiger partial charge in [-0.05, 0) is 54.7 Å². The molecule has 1 aliphatic carbocycles. The van der Waals surface area contributed by atoms with Gasteiger partial charge in [0.25, 0.3) is 0 Å². The molecule has 2 aromatic rings. The summed E-state index contributed by atoms with van der Waals surface area (Å²) >= 11 is 6.10. The maximum atomic E-state index is 13.4. The van der Waals surface area contributed by atoms with Crippen LogP contribution >= 0.6 is 11.6 Å². The van der Waals surface area contributed by atoms with Gasteiger partial charge in [-0.1, -0.05) is 55.6 Å². The Morgan fingerprint density at radius 3 is 2.52 bits per heavy atom. The minimum Gasteiger partial charge on any atom is -0.497 e. The second-order valence-electron chi connectivity index (χ2n) is 8.09. The molecule has 1 aliphatic rings. The van der Waals surface area contributed by atoms with Gasteiger partial charge >= 0.3 is 0 Å². The summed E-state index contributed by atoms with van der Waals surface area (Å²) in [6.45, 7) is 2.29. The monoisotopic (exact) mass is 442 g/mol. The Morgan fingerprint density at radius 2 is 1.84 bits per heavy atom. The molecular weight excluding hydrogens is 412 g/mol. The van der Waals surface area contributed by atoms with Crippen LogP contribution in [0.15, 0.2) is 48.5 Å². The van der Waals surface area contributed by atoms with Gasteiger partial charge in [-0.3, -0.25) is 9.59 Å². The number of carbonyl (C=O) groups is 2. The van der Waals surface area contributed by atoms with E-state index in [2.05, 4.69) is 5.32 Å². The molecule has 1 N–H and O–H groups in total. The number of methoxy groups -OCH3 is 1. The van der Waals surface area contributed by atoms with Gasteiger partial charge in [-0.25, -0.2) is 0 Å². The van der Waals surface area contributed by atoms with Gasteiger partial charge in [0.15, 0.2) is 0 Å². The molecular formula is C25H31ClN2O3. The van der Waals surface area contributed by atoms with Gasteiger partial charge in [0.05, 0.1) is 13.5 Å². The lowest BCUT2D eigenvalue weighted by Gasteiger charge is -2.31. The van der Waals surface area contributed by atoms with Gasteiger partial charge in [-0.15, -0.1) is 0 Å². The standard InChI is InChI=1S/C25H31ClN2O3/c1-3-23(25(30)27-21-11-4-5-12-21)28(17-19-9-7-13-22(15-19)31-2)24(29)16-18-8-6-10-20(26)14-18/h6-10,13-15,21,23H,3-5,11-12,16-17H2,1-2H3,(H,27,30). The lowest BCUT2D eigenvalue weighted by atomic mass is 10.1. The molecule has 1 saturated carbocycles. The number of benzene rings is 2. The lowest BCUT2D eigenvalue weighted by molar-refractivity contribution is -0.141. The summed E-state index contributed by atoms with van der Waals surface area (Å²) in [4.78, 5) is 28.2. The highest BCUT2D eigenvalue weighted by atomic mass is 35.5. The lowest BCUT2D eigenvalue weighted by Crippen LogP contribution is -2.51. The van der Waals surface area contributed by atoms with E-state index in [1.807, 2.05) is 43.3 Å². The van der Waals surface area contributed by atoms with Crippen molar-refractivity contribution in [3.8, 4) is 5.75 Å². The molecule has 1 unspecified atom stereocenters. The predicted molar refractivity (Wildman–Crippen MR) is 123 cm³/mol. The Labute approximate surface area is 189 Å². The Kier molecular flexibility index (Phi) is 8.35. The molecule has 0 spiro atoms. The van der Waals surface area contributed by atoms with Crippen molar-refractivity contribution >= 4 is 23.4 Å². The van der Waals surface area contributed by atoms with Gasteiger partial charge in [-0.2, -0.15) is 0 Å². The summed E-state index contributed by atoms with van der Waals surface area (Å²) in [5.41, 5.74) is 1.75. The molecule has 0 saturated heterocycles. The fraction of sp³-hybridized carbons (Fsp3) is 0.440. The van der Waals surface area contributed by atoms with Crippen molar-refractivity contribution < 1.29 is 14.3 Å². The van der Waals surface area contributed by atoms with Gasteiger partial charge in [0.1, 0.15) is 11.8 Å². The number of halogens is 1. The summed E-state index contributed by atoms with van der Waals surface area (Å²) in [7, 11) is 1.62. The van der Waals surface area contributed by atoms with E-state index in [1.54, 1.807) is 24.1 Å². The summed E-state index contributed by atoms with van der Waals surface area (Å²) in [5.74, 6) is 0.554. The third kappa shape index (κ3) is 6.47. The maximum absolute atomic E-state index is 13.4. The minimum atomic E-state index is -0.529. The first kappa shape index (κ1) is 23.1. The zero-order valence-electron chi connectivity index (χ0n) is 18.3. The number of hydrogen-bond donors (Lipinski definition) is 1. The van der Waals surface area contributed by atoms with E-state index >= 15 is 0 Å². The zero-order chi connectivity index (χ0) is 22.2. The Bertz CT molecular complexity index is 896. The molecule has 6 heteroatoms. The molecule has 2 amide bonds. The highest BCUT2D eigenvalue weighted by molar-refractivity contribution is 6.30. The molecule has 5 nitrogen and oxygen atoms in total.